The Hall–Kier alpha value is -3.59. The van der Waals surface area contributed by atoms with Crippen molar-refractivity contribution in [3.8, 4) is 5.69 Å². The number of nitrogens with zero attached hydrogens (tertiary/aromatic N) is 4. The summed E-state index contributed by atoms with van der Waals surface area (Å²) in [5.74, 6) is 1.71. The van der Waals surface area contributed by atoms with Crippen LogP contribution in [-0.4, -0.2) is 43.9 Å². The number of rotatable bonds is 9. The van der Waals surface area contributed by atoms with Gasteiger partial charge in [-0.3, -0.25) is 9.36 Å². The zero-order valence-electron chi connectivity index (χ0n) is 20.4. The van der Waals surface area contributed by atoms with Gasteiger partial charge in [-0.05, 0) is 56.3 Å². The number of carbonyl (C=O) groups is 2. The highest BCUT2D eigenvalue weighted by atomic mass is 32.2. The Morgan fingerprint density at radius 1 is 1.11 bits per heavy atom. The second-order valence-electron chi connectivity index (χ2n) is 8.53. The molecule has 3 aromatic heterocycles. The molecule has 182 valence electrons. The number of carbonyl (C=O) groups excluding carboxylic acids is 2. The van der Waals surface area contributed by atoms with Gasteiger partial charge in [0.05, 0.1) is 31.2 Å². The number of thioether (sulfide) groups is 1. The maximum Gasteiger partial charge on any atom is 0.337 e. The molecule has 0 N–H and O–H groups in total. The van der Waals surface area contributed by atoms with Crippen molar-refractivity contribution in [3.63, 3.8) is 0 Å². The number of aromatic nitrogens is 4. The van der Waals surface area contributed by atoms with Crippen molar-refractivity contribution in [1.82, 2.24) is 19.3 Å². The first kappa shape index (κ1) is 24.5. The Morgan fingerprint density at radius 2 is 1.86 bits per heavy atom. The van der Waals surface area contributed by atoms with Gasteiger partial charge in [0, 0.05) is 28.6 Å². The van der Waals surface area contributed by atoms with E-state index in [4.69, 9.17) is 9.15 Å². The van der Waals surface area contributed by atoms with E-state index >= 15 is 0 Å². The third kappa shape index (κ3) is 5.09. The largest absolute Gasteiger partial charge is 0.467 e. The lowest BCUT2D eigenvalue weighted by Crippen LogP contribution is -2.10. The van der Waals surface area contributed by atoms with Gasteiger partial charge < -0.3 is 13.7 Å². The van der Waals surface area contributed by atoms with Gasteiger partial charge in [-0.2, -0.15) is 0 Å². The molecule has 0 radical (unpaired) electrons. The number of methoxy groups -OCH3 is 1. The predicted octanol–water partition coefficient (Wildman–Crippen LogP) is 5.21. The van der Waals surface area contributed by atoms with E-state index in [1.807, 2.05) is 53.3 Å². The van der Waals surface area contributed by atoms with Crippen molar-refractivity contribution in [2.75, 3.05) is 12.9 Å². The lowest BCUT2D eigenvalue weighted by molar-refractivity contribution is 0.0600. The van der Waals surface area contributed by atoms with Crippen LogP contribution in [0.5, 0.6) is 0 Å². The molecule has 3 heterocycles. The van der Waals surface area contributed by atoms with E-state index in [9.17, 15) is 9.59 Å². The third-order valence-electron chi connectivity index (χ3n) is 5.77. The molecule has 0 amide bonds. The summed E-state index contributed by atoms with van der Waals surface area (Å²) in [7, 11) is 1.36. The molecule has 0 aliphatic heterocycles. The summed E-state index contributed by atoms with van der Waals surface area (Å²) in [4.78, 5) is 25.0. The topological polar surface area (TPSA) is 92.1 Å². The Balaban J connectivity index is 1.53. The van der Waals surface area contributed by atoms with Crippen LogP contribution in [-0.2, 0) is 11.3 Å². The molecule has 0 fully saturated rings. The molecule has 35 heavy (non-hydrogen) atoms. The van der Waals surface area contributed by atoms with Crippen LogP contribution in [0.2, 0.25) is 0 Å². The van der Waals surface area contributed by atoms with Crippen LogP contribution < -0.4 is 0 Å². The molecule has 0 spiro atoms. The summed E-state index contributed by atoms with van der Waals surface area (Å²) < 4.78 is 14.3. The minimum Gasteiger partial charge on any atom is -0.467 e. The first-order chi connectivity index (χ1) is 16.8. The average molecular weight is 493 g/mol. The number of Topliss-reactive ketones (excluding diaryl/α,β-unsaturated/α-hetero) is 1. The lowest BCUT2D eigenvalue weighted by Gasteiger charge is -2.11. The Bertz CT molecular complexity index is 1330. The number of ether oxygens (including phenoxy) is 1. The van der Waals surface area contributed by atoms with E-state index in [1.54, 1.807) is 18.4 Å². The van der Waals surface area contributed by atoms with Crippen molar-refractivity contribution in [2.24, 2.45) is 0 Å². The maximum atomic E-state index is 13.2. The molecule has 4 rings (SSSR count). The predicted molar refractivity (Wildman–Crippen MR) is 134 cm³/mol. The van der Waals surface area contributed by atoms with Gasteiger partial charge in [-0.15, -0.1) is 10.2 Å². The maximum absolute atomic E-state index is 13.2. The number of hydrogen-bond acceptors (Lipinski definition) is 7. The van der Waals surface area contributed by atoms with E-state index in [0.29, 0.717) is 22.8 Å². The summed E-state index contributed by atoms with van der Waals surface area (Å²) in [6, 6.07) is 12.8. The molecule has 4 aromatic rings. The molecule has 0 atom stereocenters. The molecule has 0 aliphatic carbocycles. The van der Waals surface area contributed by atoms with Gasteiger partial charge >= 0.3 is 5.97 Å². The van der Waals surface area contributed by atoms with Gasteiger partial charge in [-0.1, -0.05) is 25.6 Å². The highest BCUT2D eigenvalue weighted by molar-refractivity contribution is 7.99. The second kappa shape index (κ2) is 10.4. The van der Waals surface area contributed by atoms with Crippen molar-refractivity contribution >= 4 is 23.5 Å². The molecular formula is C26H28N4O4S. The van der Waals surface area contributed by atoms with Crippen LogP contribution in [0.3, 0.4) is 0 Å². The summed E-state index contributed by atoms with van der Waals surface area (Å²) in [5, 5.41) is 9.38. The van der Waals surface area contributed by atoms with Crippen LogP contribution in [0.25, 0.3) is 5.69 Å². The lowest BCUT2D eigenvalue weighted by atomic mass is 10.2. The molecule has 0 saturated carbocycles. The fraction of sp³-hybridized carbons (Fsp3) is 0.308. The van der Waals surface area contributed by atoms with Crippen molar-refractivity contribution in [3.05, 3.63) is 82.8 Å². The number of ketones is 1. The fourth-order valence-electron chi connectivity index (χ4n) is 4.06. The molecule has 1 aromatic carbocycles. The molecule has 0 aliphatic rings. The van der Waals surface area contributed by atoms with Gasteiger partial charge in [-0.25, -0.2) is 4.79 Å². The van der Waals surface area contributed by atoms with Crippen molar-refractivity contribution in [1.29, 1.82) is 0 Å². The molecule has 0 unspecified atom stereocenters. The number of furan rings is 1. The van der Waals surface area contributed by atoms with Gasteiger partial charge in [0.1, 0.15) is 11.6 Å². The fourth-order valence-corrected chi connectivity index (χ4v) is 4.88. The van der Waals surface area contributed by atoms with Gasteiger partial charge in [0.25, 0.3) is 0 Å². The quantitative estimate of drug-likeness (QED) is 0.180. The number of hydrogen-bond donors (Lipinski definition) is 0. The summed E-state index contributed by atoms with van der Waals surface area (Å²) >= 11 is 1.37. The average Bonchev–Trinajstić information content (AvgIpc) is 3.57. The summed E-state index contributed by atoms with van der Waals surface area (Å²) in [5.41, 5.74) is 3.79. The van der Waals surface area contributed by atoms with Crippen LogP contribution in [0.4, 0.5) is 0 Å². The number of esters is 1. The standard InChI is InChI=1S/C26H28N4O4S/c1-16(2)24-27-28-26(29(24)14-21-7-6-12-34-21)35-15-23(31)22-13-17(3)30(18(22)4)20-10-8-19(9-11-20)25(32)33-5/h6-13,16H,14-15H2,1-5H3. The highest BCUT2D eigenvalue weighted by Crippen LogP contribution is 2.26. The highest BCUT2D eigenvalue weighted by Gasteiger charge is 2.21. The van der Waals surface area contributed by atoms with E-state index in [-0.39, 0.29) is 23.4 Å². The summed E-state index contributed by atoms with van der Waals surface area (Å²) in [6.07, 6.45) is 1.64. The zero-order valence-corrected chi connectivity index (χ0v) is 21.3. The second-order valence-corrected chi connectivity index (χ2v) is 9.47. The van der Waals surface area contributed by atoms with E-state index in [0.717, 1.165) is 28.7 Å². The van der Waals surface area contributed by atoms with Crippen LogP contribution in [0.15, 0.2) is 58.3 Å². The Kier molecular flexibility index (Phi) is 7.25. The smallest absolute Gasteiger partial charge is 0.337 e. The van der Waals surface area contributed by atoms with Gasteiger partial charge in [0.2, 0.25) is 0 Å². The molecule has 8 nitrogen and oxygen atoms in total. The van der Waals surface area contributed by atoms with E-state index in [1.165, 1.54) is 18.9 Å². The minimum atomic E-state index is -0.383. The van der Waals surface area contributed by atoms with Crippen LogP contribution >= 0.6 is 11.8 Å². The third-order valence-corrected chi connectivity index (χ3v) is 6.73. The Labute approximate surface area is 208 Å². The zero-order chi connectivity index (χ0) is 25.1. The van der Waals surface area contributed by atoms with Gasteiger partial charge in [0.15, 0.2) is 10.9 Å². The first-order valence-corrected chi connectivity index (χ1v) is 12.3. The number of aryl methyl sites for hydroxylation is 1. The van der Waals surface area contributed by atoms with Crippen LogP contribution in [0.1, 0.15) is 63.5 Å². The Morgan fingerprint density at radius 3 is 2.49 bits per heavy atom. The summed E-state index contributed by atoms with van der Waals surface area (Å²) in [6.45, 7) is 8.53. The normalized spacial score (nSPS) is 11.3. The first-order valence-electron chi connectivity index (χ1n) is 11.3. The molecule has 0 saturated heterocycles. The van der Waals surface area contributed by atoms with Crippen molar-refractivity contribution in [2.45, 2.75) is 45.3 Å². The van der Waals surface area contributed by atoms with E-state index in [2.05, 4.69) is 24.0 Å². The van der Waals surface area contributed by atoms with E-state index < -0.39 is 0 Å². The van der Waals surface area contributed by atoms with Crippen molar-refractivity contribution < 1.29 is 18.7 Å². The SMILES string of the molecule is COC(=O)c1ccc(-n2c(C)cc(C(=O)CSc3nnc(C(C)C)n3Cc3ccco3)c2C)cc1. The molecular weight excluding hydrogens is 464 g/mol. The molecule has 0 bridgehead atoms. The monoisotopic (exact) mass is 492 g/mol. The van der Waals surface area contributed by atoms with Crippen LogP contribution in [0, 0.1) is 13.8 Å². The number of benzene rings is 1. The molecule has 9 heteroatoms. The minimum absolute atomic E-state index is 0.0131.